The van der Waals surface area contributed by atoms with Crippen LogP contribution in [0.1, 0.15) is 32.8 Å². The van der Waals surface area contributed by atoms with E-state index >= 15 is 0 Å². The van der Waals surface area contributed by atoms with Crippen molar-refractivity contribution in [1.82, 2.24) is 10.3 Å². The second-order valence-electron chi connectivity index (χ2n) is 6.97. The molecule has 0 bridgehead atoms. The zero-order chi connectivity index (χ0) is 20.2. The molecule has 29 heavy (non-hydrogen) atoms. The Balaban J connectivity index is 1.42. The fourth-order valence-corrected chi connectivity index (χ4v) is 3.23. The highest BCUT2D eigenvalue weighted by Crippen LogP contribution is 2.27. The number of benzene rings is 2. The van der Waals surface area contributed by atoms with Crippen LogP contribution in [0.5, 0.6) is 5.88 Å². The van der Waals surface area contributed by atoms with E-state index in [1.165, 1.54) is 0 Å². The normalized spacial score (nSPS) is 10.8. The molecule has 0 radical (unpaired) electrons. The number of para-hydroxylation sites is 1. The summed E-state index contributed by atoms with van der Waals surface area (Å²) in [5.41, 5.74) is 4.60. The van der Waals surface area contributed by atoms with Crippen LogP contribution in [0.25, 0.3) is 11.0 Å². The Hall–Kier alpha value is -3.60. The first-order valence-corrected chi connectivity index (χ1v) is 9.50. The molecule has 0 atom stereocenters. The number of hydrogen-bond donors (Lipinski definition) is 1. The molecule has 0 aliphatic rings. The summed E-state index contributed by atoms with van der Waals surface area (Å²) in [6.45, 7) is 4.68. The SMILES string of the molecule is Cc1c(C(=O)NCc2ccnc(OCc3ccccc3)c2)oc2c(C)cccc12. The van der Waals surface area contributed by atoms with E-state index in [0.717, 1.165) is 33.2 Å². The lowest BCUT2D eigenvalue weighted by molar-refractivity contribution is 0.0924. The zero-order valence-electron chi connectivity index (χ0n) is 16.4. The number of fused-ring (bicyclic) bond motifs is 1. The maximum Gasteiger partial charge on any atom is 0.287 e. The van der Waals surface area contributed by atoms with E-state index < -0.39 is 0 Å². The summed E-state index contributed by atoms with van der Waals surface area (Å²) < 4.78 is 11.6. The van der Waals surface area contributed by atoms with Gasteiger partial charge in [0.25, 0.3) is 5.91 Å². The third-order valence-electron chi connectivity index (χ3n) is 4.85. The Morgan fingerprint density at radius 3 is 2.66 bits per heavy atom. The Bertz CT molecular complexity index is 1150. The Labute approximate surface area is 169 Å². The fraction of sp³-hybridized carbons (Fsp3) is 0.167. The summed E-state index contributed by atoms with van der Waals surface area (Å²) in [5, 5.41) is 3.89. The van der Waals surface area contributed by atoms with Gasteiger partial charge in [-0.1, -0.05) is 48.5 Å². The first kappa shape index (κ1) is 18.7. The smallest absolute Gasteiger partial charge is 0.287 e. The van der Waals surface area contributed by atoms with Crippen LogP contribution in [0.4, 0.5) is 0 Å². The number of furan rings is 1. The van der Waals surface area contributed by atoms with Crippen molar-refractivity contribution in [2.24, 2.45) is 0 Å². The van der Waals surface area contributed by atoms with Crippen LogP contribution in [0.15, 0.2) is 71.3 Å². The van der Waals surface area contributed by atoms with Crippen molar-refractivity contribution >= 4 is 16.9 Å². The summed E-state index contributed by atoms with van der Waals surface area (Å²) in [4.78, 5) is 16.9. The van der Waals surface area contributed by atoms with Crippen molar-refractivity contribution in [2.45, 2.75) is 27.0 Å². The molecule has 0 saturated carbocycles. The fourth-order valence-electron chi connectivity index (χ4n) is 3.23. The molecule has 4 aromatic rings. The second-order valence-corrected chi connectivity index (χ2v) is 6.97. The predicted molar refractivity (Wildman–Crippen MR) is 112 cm³/mol. The van der Waals surface area contributed by atoms with Gasteiger partial charge in [0.1, 0.15) is 12.2 Å². The summed E-state index contributed by atoms with van der Waals surface area (Å²) in [6, 6.07) is 19.5. The van der Waals surface area contributed by atoms with Gasteiger partial charge in [0.05, 0.1) is 0 Å². The van der Waals surface area contributed by atoms with Gasteiger partial charge in [-0.05, 0) is 36.6 Å². The van der Waals surface area contributed by atoms with E-state index in [1.807, 2.05) is 74.5 Å². The van der Waals surface area contributed by atoms with E-state index in [-0.39, 0.29) is 5.91 Å². The molecule has 0 aliphatic heterocycles. The molecular weight excluding hydrogens is 364 g/mol. The molecule has 1 amide bonds. The van der Waals surface area contributed by atoms with Crippen LogP contribution in [-0.4, -0.2) is 10.9 Å². The quantitative estimate of drug-likeness (QED) is 0.509. The molecule has 0 aliphatic carbocycles. The molecule has 4 rings (SSSR count). The van der Waals surface area contributed by atoms with E-state index in [0.29, 0.717) is 24.8 Å². The molecule has 0 fully saturated rings. The van der Waals surface area contributed by atoms with Gasteiger partial charge in [0, 0.05) is 29.8 Å². The maximum absolute atomic E-state index is 12.7. The molecule has 146 valence electrons. The van der Waals surface area contributed by atoms with Crippen molar-refractivity contribution in [2.75, 3.05) is 0 Å². The standard InChI is InChI=1S/C24H22N2O3/c1-16-7-6-10-20-17(2)23(29-22(16)20)24(27)26-14-19-11-12-25-21(13-19)28-15-18-8-4-3-5-9-18/h3-13H,14-15H2,1-2H3,(H,26,27). The number of carbonyl (C=O) groups is 1. The highest BCUT2D eigenvalue weighted by atomic mass is 16.5. The molecule has 2 aromatic carbocycles. The van der Waals surface area contributed by atoms with Crippen molar-refractivity contribution in [3.8, 4) is 5.88 Å². The van der Waals surface area contributed by atoms with Crippen molar-refractivity contribution in [1.29, 1.82) is 0 Å². The van der Waals surface area contributed by atoms with Crippen LogP contribution in [0.2, 0.25) is 0 Å². The number of amides is 1. The first-order valence-electron chi connectivity index (χ1n) is 9.50. The van der Waals surface area contributed by atoms with E-state index in [2.05, 4.69) is 10.3 Å². The van der Waals surface area contributed by atoms with Crippen molar-refractivity contribution < 1.29 is 13.9 Å². The Morgan fingerprint density at radius 2 is 1.86 bits per heavy atom. The number of rotatable bonds is 6. The zero-order valence-corrected chi connectivity index (χ0v) is 16.4. The lowest BCUT2D eigenvalue weighted by Crippen LogP contribution is -2.23. The number of hydrogen-bond acceptors (Lipinski definition) is 4. The molecule has 0 unspecified atom stereocenters. The summed E-state index contributed by atoms with van der Waals surface area (Å²) in [5.74, 6) is 0.640. The third-order valence-corrected chi connectivity index (χ3v) is 4.85. The topological polar surface area (TPSA) is 64.4 Å². The highest BCUT2D eigenvalue weighted by molar-refractivity contribution is 5.99. The third kappa shape index (κ3) is 4.14. The van der Waals surface area contributed by atoms with Crippen molar-refractivity contribution in [3.63, 3.8) is 0 Å². The maximum atomic E-state index is 12.7. The molecule has 5 nitrogen and oxygen atoms in total. The lowest BCUT2D eigenvalue weighted by Gasteiger charge is -2.08. The number of pyridine rings is 1. The number of aromatic nitrogens is 1. The van der Waals surface area contributed by atoms with Gasteiger partial charge in [0.15, 0.2) is 5.76 Å². The van der Waals surface area contributed by atoms with Gasteiger partial charge in [-0.15, -0.1) is 0 Å². The minimum absolute atomic E-state index is 0.235. The van der Waals surface area contributed by atoms with Crippen LogP contribution in [-0.2, 0) is 13.2 Å². The summed E-state index contributed by atoms with van der Waals surface area (Å²) >= 11 is 0. The summed E-state index contributed by atoms with van der Waals surface area (Å²) in [6.07, 6.45) is 1.68. The lowest BCUT2D eigenvalue weighted by atomic mass is 10.1. The molecule has 1 N–H and O–H groups in total. The number of aryl methyl sites for hydroxylation is 2. The number of carbonyl (C=O) groups excluding carboxylic acids is 1. The predicted octanol–water partition coefficient (Wildman–Crippen LogP) is 4.95. The van der Waals surface area contributed by atoms with Crippen LogP contribution in [0.3, 0.4) is 0 Å². The number of nitrogens with zero attached hydrogens (tertiary/aromatic N) is 1. The molecule has 0 spiro atoms. The molecule has 0 saturated heterocycles. The van der Waals surface area contributed by atoms with Crippen LogP contribution >= 0.6 is 0 Å². The minimum atomic E-state index is -0.235. The van der Waals surface area contributed by atoms with Crippen LogP contribution < -0.4 is 10.1 Å². The van der Waals surface area contributed by atoms with Crippen molar-refractivity contribution in [3.05, 3.63) is 94.9 Å². The van der Waals surface area contributed by atoms with E-state index in [9.17, 15) is 4.79 Å². The first-order chi connectivity index (χ1) is 14.1. The van der Waals surface area contributed by atoms with Gasteiger partial charge in [0.2, 0.25) is 5.88 Å². The largest absolute Gasteiger partial charge is 0.473 e. The number of nitrogens with one attached hydrogen (secondary N) is 1. The van der Waals surface area contributed by atoms with E-state index in [1.54, 1.807) is 6.20 Å². The molecular formula is C24H22N2O3. The molecule has 2 heterocycles. The second kappa shape index (κ2) is 8.19. The van der Waals surface area contributed by atoms with Gasteiger partial charge in [-0.3, -0.25) is 4.79 Å². The van der Waals surface area contributed by atoms with Gasteiger partial charge in [-0.25, -0.2) is 4.98 Å². The van der Waals surface area contributed by atoms with Crippen LogP contribution in [0, 0.1) is 13.8 Å². The van der Waals surface area contributed by atoms with Gasteiger partial charge >= 0.3 is 0 Å². The Kier molecular flexibility index (Phi) is 5.29. The van der Waals surface area contributed by atoms with Gasteiger partial charge < -0.3 is 14.5 Å². The molecule has 5 heteroatoms. The van der Waals surface area contributed by atoms with Gasteiger partial charge in [-0.2, -0.15) is 0 Å². The average Bonchev–Trinajstić information content (AvgIpc) is 3.10. The highest BCUT2D eigenvalue weighted by Gasteiger charge is 2.18. The monoisotopic (exact) mass is 386 g/mol. The van der Waals surface area contributed by atoms with E-state index in [4.69, 9.17) is 9.15 Å². The minimum Gasteiger partial charge on any atom is -0.473 e. The number of ether oxygens (including phenoxy) is 1. The summed E-state index contributed by atoms with van der Waals surface area (Å²) in [7, 11) is 0. The molecule has 2 aromatic heterocycles. The average molecular weight is 386 g/mol. The Morgan fingerprint density at radius 1 is 1.03 bits per heavy atom.